The van der Waals surface area contributed by atoms with Crippen molar-refractivity contribution in [1.29, 1.82) is 0 Å². The van der Waals surface area contributed by atoms with Crippen LogP contribution in [0.15, 0.2) is 4.90 Å². The van der Waals surface area contributed by atoms with Gasteiger partial charge in [0.25, 0.3) is 0 Å². The van der Waals surface area contributed by atoms with Crippen LogP contribution in [0.4, 0.5) is 0 Å². The average molecular weight is 368 g/mol. The molecule has 3 rings (SSSR count). The zero-order chi connectivity index (χ0) is 18.0. The predicted octanol–water partition coefficient (Wildman–Crippen LogP) is 3.29. The van der Waals surface area contributed by atoms with E-state index < -0.39 is 10.0 Å². The zero-order valence-electron chi connectivity index (χ0n) is 15.3. The van der Waals surface area contributed by atoms with Crippen molar-refractivity contribution in [2.24, 2.45) is 5.92 Å². The molecule has 2 heterocycles. The van der Waals surface area contributed by atoms with E-state index in [0.29, 0.717) is 36.8 Å². The lowest BCUT2D eigenvalue weighted by Gasteiger charge is -2.26. The van der Waals surface area contributed by atoms with Gasteiger partial charge in [0.05, 0.1) is 11.4 Å². The summed E-state index contributed by atoms with van der Waals surface area (Å²) in [6.07, 6.45) is 9.12. The molecule has 0 unspecified atom stereocenters. The molecule has 1 aromatic heterocycles. The van der Waals surface area contributed by atoms with Crippen molar-refractivity contribution in [2.75, 3.05) is 13.1 Å². The van der Waals surface area contributed by atoms with E-state index in [4.69, 9.17) is 0 Å². The molecule has 0 atom stereocenters. The maximum Gasteiger partial charge on any atom is 0.247 e. The van der Waals surface area contributed by atoms with E-state index in [1.165, 1.54) is 23.9 Å². The van der Waals surface area contributed by atoms with Crippen molar-refractivity contribution < 1.29 is 13.2 Å². The third-order valence-electron chi connectivity index (χ3n) is 5.56. The van der Waals surface area contributed by atoms with E-state index in [0.717, 1.165) is 32.1 Å². The highest BCUT2D eigenvalue weighted by Crippen LogP contribution is 2.29. The first-order valence-electron chi connectivity index (χ1n) is 9.51. The Morgan fingerprint density at radius 2 is 1.64 bits per heavy atom. The van der Waals surface area contributed by atoms with Gasteiger partial charge in [-0.05, 0) is 45.4 Å². The second kappa shape index (κ2) is 7.58. The largest absolute Gasteiger partial charge is 0.273 e. The summed E-state index contributed by atoms with van der Waals surface area (Å²) in [4.78, 5) is 12.9. The van der Waals surface area contributed by atoms with Crippen LogP contribution in [0.3, 0.4) is 0 Å². The molecule has 0 aromatic carbocycles. The predicted molar refractivity (Wildman–Crippen MR) is 96.1 cm³/mol. The Hall–Kier alpha value is -1.21. The number of aryl methyl sites for hydroxylation is 1. The first-order valence-corrected chi connectivity index (χ1v) is 10.9. The van der Waals surface area contributed by atoms with Gasteiger partial charge in [0.15, 0.2) is 0 Å². The van der Waals surface area contributed by atoms with Crippen LogP contribution in [0.2, 0.25) is 0 Å². The van der Waals surface area contributed by atoms with Gasteiger partial charge in [-0.1, -0.05) is 25.7 Å². The molecule has 2 fully saturated rings. The summed E-state index contributed by atoms with van der Waals surface area (Å²) < 4.78 is 28.9. The number of aromatic nitrogens is 2. The number of hydrogen-bond donors (Lipinski definition) is 0. The van der Waals surface area contributed by atoms with Crippen LogP contribution in [-0.2, 0) is 10.0 Å². The van der Waals surface area contributed by atoms with Crippen LogP contribution in [0.1, 0.15) is 74.0 Å². The topological polar surface area (TPSA) is 72.3 Å². The van der Waals surface area contributed by atoms with E-state index in [1.54, 1.807) is 18.2 Å². The Labute approximate surface area is 150 Å². The lowest BCUT2D eigenvalue weighted by Crippen LogP contribution is -2.36. The van der Waals surface area contributed by atoms with Gasteiger partial charge >= 0.3 is 0 Å². The second-order valence-electron chi connectivity index (χ2n) is 7.48. The molecule has 0 bridgehead atoms. The van der Waals surface area contributed by atoms with Crippen LogP contribution in [0.5, 0.6) is 0 Å². The van der Waals surface area contributed by atoms with Gasteiger partial charge in [-0.2, -0.15) is 9.40 Å². The molecule has 0 radical (unpaired) electrons. The third kappa shape index (κ3) is 3.82. The standard InChI is InChI=1S/C18H29N3O3S/c1-14-18(25(23,24)20-11-7-4-8-12-20)15(2)21(19-14)17(22)13-16-9-5-3-6-10-16/h16H,3-13H2,1-2H3. The molecule has 1 aromatic rings. The molecule has 0 N–H and O–H groups in total. The first kappa shape index (κ1) is 18.6. The molecule has 1 aliphatic carbocycles. The van der Waals surface area contributed by atoms with Gasteiger partial charge in [0.1, 0.15) is 4.90 Å². The Balaban J connectivity index is 1.83. The minimum absolute atomic E-state index is 0.0763. The van der Waals surface area contributed by atoms with E-state index in [2.05, 4.69) is 5.10 Å². The summed E-state index contributed by atoms with van der Waals surface area (Å²) in [7, 11) is -3.57. The van der Waals surface area contributed by atoms with Gasteiger partial charge in [-0.25, -0.2) is 13.1 Å². The Morgan fingerprint density at radius 3 is 2.28 bits per heavy atom. The van der Waals surface area contributed by atoms with Crippen LogP contribution in [0, 0.1) is 19.8 Å². The van der Waals surface area contributed by atoms with Crippen molar-refractivity contribution >= 4 is 15.9 Å². The summed E-state index contributed by atoms with van der Waals surface area (Å²) >= 11 is 0. The highest BCUT2D eigenvalue weighted by atomic mass is 32.2. The summed E-state index contributed by atoms with van der Waals surface area (Å²) in [5.74, 6) is 0.333. The van der Waals surface area contributed by atoms with E-state index >= 15 is 0 Å². The number of hydrogen-bond acceptors (Lipinski definition) is 4. The molecule has 25 heavy (non-hydrogen) atoms. The van der Waals surface area contributed by atoms with Gasteiger partial charge < -0.3 is 0 Å². The third-order valence-corrected chi connectivity index (χ3v) is 7.71. The summed E-state index contributed by atoms with van der Waals surface area (Å²) in [6.45, 7) is 4.51. The minimum atomic E-state index is -3.57. The molecular formula is C18H29N3O3S. The van der Waals surface area contributed by atoms with Crippen molar-refractivity contribution in [3.8, 4) is 0 Å². The van der Waals surface area contributed by atoms with E-state index in [-0.39, 0.29) is 10.8 Å². The lowest BCUT2D eigenvalue weighted by molar-refractivity contribution is 0.0848. The van der Waals surface area contributed by atoms with Crippen LogP contribution in [-0.4, -0.2) is 41.5 Å². The fourth-order valence-corrected chi connectivity index (χ4v) is 6.07. The molecule has 140 valence electrons. The smallest absolute Gasteiger partial charge is 0.247 e. The molecule has 2 aliphatic rings. The number of carbonyl (C=O) groups excluding carboxylic acids is 1. The molecule has 0 spiro atoms. The maximum absolute atomic E-state index is 13.0. The van der Waals surface area contributed by atoms with Gasteiger partial charge in [-0.15, -0.1) is 0 Å². The Bertz CT molecular complexity index is 727. The van der Waals surface area contributed by atoms with Crippen molar-refractivity contribution in [2.45, 2.75) is 76.5 Å². The first-order chi connectivity index (χ1) is 11.9. The Kier molecular flexibility index (Phi) is 5.63. The molecule has 1 aliphatic heterocycles. The van der Waals surface area contributed by atoms with Crippen molar-refractivity contribution in [3.05, 3.63) is 11.4 Å². The maximum atomic E-state index is 13.0. The monoisotopic (exact) mass is 367 g/mol. The van der Waals surface area contributed by atoms with Gasteiger partial charge in [-0.3, -0.25) is 4.79 Å². The number of rotatable bonds is 4. The molecular weight excluding hydrogens is 338 g/mol. The summed E-state index contributed by atoms with van der Waals surface area (Å²) in [6, 6.07) is 0. The van der Waals surface area contributed by atoms with Crippen LogP contribution in [0.25, 0.3) is 0 Å². The minimum Gasteiger partial charge on any atom is -0.273 e. The molecule has 1 saturated heterocycles. The van der Waals surface area contributed by atoms with E-state index in [9.17, 15) is 13.2 Å². The zero-order valence-corrected chi connectivity index (χ0v) is 16.1. The molecule has 7 heteroatoms. The normalized spacial score (nSPS) is 20.7. The quantitative estimate of drug-likeness (QED) is 0.819. The van der Waals surface area contributed by atoms with Gasteiger partial charge in [0, 0.05) is 19.5 Å². The molecule has 0 amide bonds. The second-order valence-corrected chi connectivity index (χ2v) is 9.35. The van der Waals surface area contributed by atoms with Crippen LogP contribution >= 0.6 is 0 Å². The molecule has 1 saturated carbocycles. The number of sulfonamides is 1. The number of carbonyl (C=O) groups is 1. The number of piperidine rings is 1. The fourth-order valence-electron chi connectivity index (χ4n) is 4.20. The fraction of sp³-hybridized carbons (Fsp3) is 0.778. The number of nitrogens with zero attached hydrogens (tertiary/aromatic N) is 3. The SMILES string of the molecule is Cc1nn(C(=O)CC2CCCCC2)c(C)c1S(=O)(=O)N1CCCCC1. The van der Waals surface area contributed by atoms with E-state index in [1.807, 2.05) is 0 Å². The Morgan fingerprint density at radius 1 is 1.04 bits per heavy atom. The van der Waals surface area contributed by atoms with Crippen LogP contribution < -0.4 is 0 Å². The summed E-state index contributed by atoms with van der Waals surface area (Å²) in [5, 5.41) is 4.30. The highest BCUT2D eigenvalue weighted by Gasteiger charge is 2.33. The highest BCUT2D eigenvalue weighted by molar-refractivity contribution is 7.89. The lowest BCUT2D eigenvalue weighted by atomic mass is 9.87. The summed E-state index contributed by atoms with van der Waals surface area (Å²) in [5.41, 5.74) is 0.893. The average Bonchev–Trinajstić information content (AvgIpc) is 2.92. The van der Waals surface area contributed by atoms with Crippen molar-refractivity contribution in [3.63, 3.8) is 0 Å². The van der Waals surface area contributed by atoms with Crippen molar-refractivity contribution in [1.82, 2.24) is 14.1 Å². The molecule has 6 nitrogen and oxygen atoms in total. The van der Waals surface area contributed by atoms with Gasteiger partial charge in [0.2, 0.25) is 15.9 Å².